The summed E-state index contributed by atoms with van der Waals surface area (Å²) >= 11 is 5.66. The van der Waals surface area contributed by atoms with Crippen LogP contribution in [0.2, 0.25) is 0 Å². The highest BCUT2D eigenvalue weighted by Crippen LogP contribution is 2.10. The van der Waals surface area contributed by atoms with Crippen LogP contribution < -0.4 is 4.90 Å². The number of halogens is 1. The van der Waals surface area contributed by atoms with Gasteiger partial charge in [0, 0.05) is 13.1 Å². The zero-order valence-electron chi connectivity index (χ0n) is 9.41. The van der Waals surface area contributed by atoms with Crippen LogP contribution in [0.3, 0.4) is 0 Å². The maximum absolute atomic E-state index is 5.66. The Kier molecular flexibility index (Phi) is 5.40. The van der Waals surface area contributed by atoms with Gasteiger partial charge in [0.1, 0.15) is 5.82 Å². The van der Waals surface area contributed by atoms with Gasteiger partial charge in [-0.3, -0.25) is 4.98 Å². The fourth-order valence-electron chi connectivity index (χ4n) is 1.36. The molecule has 0 radical (unpaired) electrons. The average molecular weight is 228 g/mol. The molecule has 0 saturated heterocycles. The van der Waals surface area contributed by atoms with Crippen molar-refractivity contribution in [3.8, 4) is 0 Å². The van der Waals surface area contributed by atoms with Gasteiger partial charge >= 0.3 is 0 Å². The number of aromatic nitrogens is 2. The molecule has 0 unspecified atom stereocenters. The maximum Gasteiger partial charge on any atom is 0.147 e. The lowest BCUT2D eigenvalue weighted by atomic mass is 10.3. The van der Waals surface area contributed by atoms with Crippen molar-refractivity contribution < 1.29 is 0 Å². The molecule has 0 N–H and O–H groups in total. The zero-order valence-corrected chi connectivity index (χ0v) is 10.2. The zero-order chi connectivity index (χ0) is 11.1. The molecule has 0 aliphatic rings. The van der Waals surface area contributed by atoms with E-state index in [9.17, 15) is 0 Å². The molecular weight excluding hydrogens is 210 g/mol. The van der Waals surface area contributed by atoms with Crippen LogP contribution in [0.5, 0.6) is 0 Å². The quantitative estimate of drug-likeness (QED) is 0.700. The predicted octanol–water partition coefficient (Wildman–Crippen LogP) is 2.84. The Hall–Kier alpha value is -0.830. The van der Waals surface area contributed by atoms with E-state index in [0.717, 1.165) is 24.6 Å². The van der Waals surface area contributed by atoms with E-state index in [1.807, 2.05) is 0 Å². The summed E-state index contributed by atoms with van der Waals surface area (Å²) in [6.07, 6.45) is 5.93. The third-order valence-corrected chi connectivity index (χ3v) is 2.59. The molecule has 0 spiro atoms. The summed E-state index contributed by atoms with van der Waals surface area (Å²) in [5.41, 5.74) is 0.826. The summed E-state index contributed by atoms with van der Waals surface area (Å²) in [7, 11) is 0. The second-order valence-electron chi connectivity index (χ2n) is 3.43. The van der Waals surface area contributed by atoms with E-state index in [2.05, 4.69) is 28.7 Å². The third-order valence-electron chi connectivity index (χ3n) is 2.32. The first-order valence-corrected chi connectivity index (χ1v) is 5.97. The Morgan fingerprint density at radius 3 is 2.53 bits per heavy atom. The van der Waals surface area contributed by atoms with E-state index in [1.165, 1.54) is 12.8 Å². The van der Waals surface area contributed by atoms with E-state index < -0.39 is 0 Å². The third kappa shape index (κ3) is 3.67. The molecule has 1 aromatic heterocycles. The summed E-state index contributed by atoms with van der Waals surface area (Å²) < 4.78 is 0. The van der Waals surface area contributed by atoms with Gasteiger partial charge in [0.2, 0.25) is 0 Å². The van der Waals surface area contributed by atoms with Crippen LogP contribution in [0.1, 0.15) is 32.4 Å². The van der Waals surface area contributed by atoms with Crippen LogP contribution in [0, 0.1) is 0 Å². The predicted molar refractivity (Wildman–Crippen MR) is 64.4 cm³/mol. The van der Waals surface area contributed by atoms with Gasteiger partial charge in [0.05, 0.1) is 24.0 Å². The van der Waals surface area contributed by atoms with Gasteiger partial charge in [-0.15, -0.1) is 11.6 Å². The molecule has 0 atom stereocenters. The van der Waals surface area contributed by atoms with Crippen LogP contribution in [-0.2, 0) is 5.88 Å². The lowest BCUT2D eigenvalue weighted by Crippen LogP contribution is -2.25. The van der Waals surface area contributed by atoms with Gasteiger partial charge in [0.25, 0.3) is 0 Å². The summed E-state index contributed by atoms with van der Waals surface area (Å²) in [5.74, 6) is 1.37. The highest BCUT2D eigenvalue weighted by atomic mass is 35.5. The standard InChI is InChI=1S/C11H18ClN3/c1-3-5-6-15(4-2)11-9-13-10(7-12)8-14-11/h8-9H,3-7H2,1-2H3. The highest BCUT2D eigenvalue weighted by Gasteiger charge is 2.05. The fourth-order valence-corrected chi connectivity index (χ4v) is 1.50. The molecule has 15 heavy (non-hydrogen) atoms. The molecule has 0 aliphatic carbocycles. The van der Waals surface area contributed by atoms with Gasteiger partial charge in [-0.25, -0.2) is 4.98 Å². The molecule has 0 fully saturated rings. The normalized spacial score (nSPS) is 10.3. The molecule has 0 bridgehead atoms. The minimum absolute atomic E-state index is 0.425. The molecule has 1 heterocycles. The smallest absolute Gasteiger partial charge is 0.147 e. The number of alkyl halides is 1. The fraction of sp³-hybridized carbons (Fsp3) is 0.636. The molecule has 3 nitrogen and oxygen atoms in total. The van der Waals surface area contributed by atoms with Gasteiger partial charge in [-0.2, -0.15) is 0 Å². The first kappa shape index (κ1) is 12.2. The molecule has 0 amide bonds. The number of rotatable bonds is 6. The Labute approximate surface area is 96.5 Å². The summed E-state index contributed by atoms with van der Waals surface area (Å²) in [5, 5.41) is 0. The van der Waals surface area contributed by atoms with Crippen LogP contribution >= 0.6 is 11.6 Å². The van der Waals surface area contributed by atoms with Crippen molar-refractivity contribution in [3.63, 3.8) is 0 Å². The Morgan fingerprint density at radius 1 is 1.27 bits per heavy atom. The Morgan fingerprint density at radius 2 is 2.07 bits per heavy atom. The monoisotopic (exact) mass is 227 g/mol. The van der Waals surface area contributed by atoms with Crippen molar-refractivity contribution in [2.75, 3.05) is 18.0 Å². The second-order valence-corrected chi connectivity index (χ2v) is 3.70. The van der Waals surface area contributed by atoms with Crippen LogP contribution in [0.15, 0.2) is 12.4 Å². The van der Waals surface area contributed by atoms with E-state index in [1.54, 1.807) is 12.4 Å². The number of nitrogens with zero attached hydrogens (tertiary/aromatic N) is 3. The molecule has 0 aromatic carbocycles. The van der Waals surface area contributed by atoms with Gasteiger partial charge < -0.3 is 4.90 Å². The van der Waals surface area contributed by atoms with Crippen LogP contribution in [0.4, 0.5) is 5.82 Å². The Balaban J connectivity index is 2.65. The first-order valence-electron chi connectivity index (χ1n) is 5.43. The average Bonchev–Trinajstić information content (AvgIpc) is 2.31. The second kappa shape index (κ2) is 6.62. The van der Waals surface area contributed by atoms with Crippen LogP contribution in [-0.4, -0.2) is 23.1 Å². The first-order chi connectivity index (χ1) is 7.31. The minimum Gasteiger partial charge on any atom is -0.356 e. The molecular formula is C11H18ClN3. The summed E-state index contributed by atoms with van der Waals surface area (Å²) in [6, 6.07) is 0. The molecule has 84 valence electrons. The van der Waals surface area contributed by atoms with E-state index in [4.69, 9.17) is 11.6 Å². The lowest BCUT2D eigenvalue weighted by Gasteiger charge is -2.21. The SMILES string of the molecule is CCCCN(CC)c1cnc(CCl)cn1. The molecule has 4 heteroatoms. The molecule has 1 rings (SSSR count). The molecule has 0 aliphatic heterocycles. The number of anilines is 1. The van der Waals surface area contributed by atoms with Crippen molar-refractivity contribution in [2.24, 2.45) is 0 Å². The molecule has 1 aromatic rings. The largest absolute Gasteiger partial charge is 0.356 e. The summed E-state index contributed by atoms with van der Waals surface area (Å²) in [6.45, 7) is 6.33. The number of hydrogen-bond acceptors (Lipinski definition) is 3. The maximum atomic E-state index is 5.66. The van der Waals surface area contributed by atoms with Crippen molar-refractivity contribution in [3.05, 3.63) is 18.1 Å². The van der Waals surface area contributed by atoms with Gasteiger partial charge in [-0.05, 0) is 13.3 Å². The Bertz CT molecular complexity index is 274. The van der Waals surface area contributed by atoms with Crippen molar-refractivity contribution in [1.82, 2.24) is 9.97 Å². The van der Waals surface area contributed by atoms with Crippen LogP contribution in [0.25, 0.3) is 0 Å². The molecule has 0 saturated carbocycles. The summed E-state index contributed by atoms with van der Waals surface area (Å²) in [4.78, 5) is 10.8. The highest BCUT2D eigenvalue weighted by molar-refractivity contribution is 6.16. The number of hydrogen-bond donors (Lipinski definition) is 0. The minimum atomic E-state index is 0.425. The van der Waals surface area contributed by atoms with Crippen molar-refractivity contribution in [2.45, 2.75) is 32.6 Å². The van der Waals surface area contributed by atoms with Crippen molar-refractivity contribution >= 4 is 17.4 Å². The van der Waals surface area contributed by atoms with E-state index in [-0.39, 0.29) is 0 Å². The number of unbranched alkanes of at least 4 members (excludes halogenated alkanes) is 1. The van der Waals surface area contributed by atoms with E-state index >= 15 is 0 Å². The lowest BCUT2D eigenvalue weighted by molar-refractivity contribution is 0.721. The van der Waals surface area contributed by atoms with Crippen molar-refractivity contribution in [1.29, 1.82) is 0 Å². The van der Waals surface area contributed by atoms with Gasteiger partial charge in [-0.1, -0.05) is 13.3 Å². The topological polar surface area (TPSA) is 29.0 Å². The van der Waals surface area contributed by atoms with E-state index in [0.29, 0.717) is 5.88 Å². The van der Waals surface area contributed by atoms with Gasteiger partial charge in [0.15, 0.2) is 0 Å².